The fraction of sp³-hybridized carbons (Fsp3) is 0.381. The third-order valence-electron chi connectivity index (χ3n) is 4.50. The van der Waals surface area contributed by atoms with E-state index >= 15 is 0 Å². The first kappa shape index (κ1) is 21.9. The smallest absolute Gasteiger partial charge is 0.251 e. The third-order valence-corrected chi connectivity index (χ3v) is 6.56. The molecular weight excluding hydrogens is 376 g/mol. The molecule has 1 amide bonds. The van der Waals surface area contributed by atoms with E-state index in [2.05, 4.69) is 5.32 Å². The maximum absolute atomic E-state index is 12.6. The van der Waals surface area contributed by atoms with Crippen molar-refractivity contribution >= 4 is 15.9 Å². The van der Waals surface area contributed by atoms with Gasteiger partial charge in [0.25, 0.3) is 5.91 Å². The van der Waals surface area contributed by atoms with E-state index in [-0.39, 0.29) is 16.8 Å². The summed E-state index contributed by atoms with van der Waals surface area (Å²) in [4.78, 5) is 12.7. The lowest BCUT2D eigenvalue weighted by atomic mass is 10.1. The number of amides is 1. The van der Waals surface area contributed by atoms with Crippen molar-refractivity contribution < 1.29 is 17.9 Å². The molecule has 0 aliphatic rings. The number of hydrogen-bond acceptors (Lipinski definition) is 4. The van der Waals surface area contributed by atoms with Crippen molar-refractivity contribution in [1.82, 2.24) is 9.62 Å². The molecule has 28 heavy (non-hydrogen) atoms. The summed E-state index contributed by atoms with van der Waals surface area (Å²) in [5.74, 6) is 0.521. The van der Waals surface area contributed by atoms with Gasteiger partial charge in [-0.2, -0.15) is 4.31 Å². The monoisotopic (exact) mass is 404 g/mol. The summed E-state index contributed by atoms with van der Waals surface area (Å²) in [7, 11) is -3.48. The maximum atomic E-state index is 12.6. The molecule has 0 fully saturated rings. The number of carbonyl (C=O) groups is 1. The van der Waals surface area contributed by atoms with Gasteiger partial charge in [0.1, 0.15) is 5.75 Å². The Bertz CT molecular complexity index is 874. The molecule has 2 aromatic rings. The zero-order valence-electron chi connectivity index (χ0n) is 16.8. The van der Waals surface area contributed by atoms with Gasteiger partial charge in [0.15, 0.2) is 0 Å². The van der Waals surface area contributed by atoms with E-state index in [9.17, 15) is 13.2 Å². The molecule has 0 radical (unpaired) electrons. The van der Waals surface area contributed by atoms with E-state index in [1.54, 1.807) is 48.5 Å². The van der Waals surface area contributed by atoms with Gasteiger partial charge in [-0.25, -0.2) is 8.42 Å². The molecule has 2 rings (SSSR count). The van der Waals surface area contributed by atoms with Gasteiger partial charge in [-0.15, -0.1) is 0 Å². The van der Waals surface area contributed by atoms with Crippen molar-refractivity contribution in [3.8, 4) is 5.75 Å². The summed E-state index contributed by atoms with van der Waals surface area (Å²) < 4.78 is 31.9. The van der Waals surface area contributed by atoms with E-state index in [4.69, 9.17) is 4.74 Å². The highest BCUT2D eigenvalue weighted by Crippen LogP contribution is 2.20. The van der Waals surface area contributed by atoms with Crippen LogP contribution in [0.4, 0.5) is 0 Å². The number of nitrogens with zero attached hydrogens (tertiary/aromatic N) is 1. The minimum atomic E-state index is -3.48. The van der Waals surface area contributed by atoms with E-state index < -0.39 is 10.0 Å². The normalized spacial score (nSPS) is 12.6. The second-order valence-corrected chi connectivity index (χ2v) is 8.25. The Labute approximate surface area is 167 Å². The zero-order valence-corrected chi connectivity index (χ0v) is 17.6. The highest BCUT2D eigenvalue weighted by atomic mass is 32.2. The first-order valence-corrected chi connectivity index (χ1v) is 10.9. The second-order valence-electron chi connectivity index (χ2n) is 6.31. The Hall–Kier alpha value is -2.38. The fourth-order valence-electron chi connectivity index (χ4n) is 2.87. The van der Waals surface area contributed by atoms with E-state index in [1.165, 1.54) is 4.31 Å². The van der Waals surface area contributed by atoms with E-state index in [0.29, 0.717) is 25.3 Å². The van der Waals surface area contributed by atoms with Crippen molar-refractivity contribution in [3.63, 3.8) is 0 Å². The lowest BCUT2D eigenvalue weighted by molar-refractivity contribution is 0.0940. The minimum absolute atomic E-state index is 0.199. The van der Waals surface area contributed by atoms with Gasteiger partial charge in [-0.3, -0.25) is 4.79 Å². The molecule has 0 heterocycles. The molecule has 7 heteroatoms. The Morgan fingerprint density at radius 3 is 2.07 bits per heavy atom. The van der Waals surface area contributed by atoms with Crippen molar-refractivity contribution in [1.29, 1.82) is 0 Å². The average molecular weight is 405 g/mol. The molecule has 2 aromatic carbocycles. The highest BCUT2D eigenvalue weighted by Gasteiger charge is 2.21. The van der Waals surface area contributed by atoms with Crippen LogP contribution in [0.2, 0.25) is 0 Å². The van der Waals surface area contributed by atoms with Crippen molar-refractivity contribution in [2.24, 2.45) is 0 Å². The van der Waals surface area contributed by atoms with Crippen LogP contribution in [0, 0.1) is 0 Å². The molecule has 152 valence electrons. The second kappa shape index (κ2) is 9.71. The van der Waals surface area contributed by atoms with Gasteiger partial charge in [0.2, 0.25) is 10.0 Å². The Balaban J connectivity index is 2.08. The quantitative estimate of drug-likeness (QED) is 0.693. The van der Waals surface area contributed by atoms with Crippen LogP contribution < -0.4 is 10.1 Å². The van der Waals surface area contributed by atoms with Crippen molar-refractivity contribution in [3.05, 3.63) is 59.7 Å². The summed E-state index contributed by atoms with van der Waals surface area (Å²) in [5.41, 5.74) is 1.37. The lowest BCUT2D eigenvalue weighted by Gasteiger charge is -2.19. The van der Waals surface area contributed by atoms with Crippen LogP contribution in [0.25, 0.3) is 0 Å². The standard InChI is InChI=1S/C21H28N2O4S/c1-5-23(6-2)28(25,26)20-14-10-17(11-15-20)16(4)22-21(24)18-8-12-19(13-9-18)27-7-3/h8-16H,5-7H2,1-4H3,(H,22,24)/t16-/m0/s1. The van der Waals surface area contributed by atoms with Gasteiger partial charge < -0.3 is 10.1 Å². The minimum Gasteiger partial charge on any atom is -0.494 e. The van der Waals surface area contributed by atoms with E-state index in [1.807, 2.05) is 27.7 Å². The van der Waals surface area contributed by atoms with Crippen LogP contribution >= 0.6 is 0 Å². The molecule has 0 saturated heterocycles. The van der Waals surface area contributed by atoms with E-state index in [0.717, 1.165) is 11.3 Å². The molecule has 6 nitrogen and oxygen atoms in total. The molecule has 1 N–H and O–H groups in total. The average Bonchev–Trinajstić information content (AvgIpc) is 2.69. The summed E-state index contributed by atoms with van der Waals surface area (Å²) in [6, 6.07) is 13.3. The van der Waals surface area contributed by atoms with Crippen LogP contribution in [-0.4, -0.2) is 38.3 Å². The van der Waals surface area contributed by atoms with Crippen molar-refractivity contribution in [2.45, 2.75) is 38.6 Å². The first-order valence-electron chi connectivity index (χ1n) is 9.47. The molecule has 0 unspecified atom stereocenters. The van der Waals surface area contributed by atoms with Gasteiger partial charge in [-0.05, 0) is 55.8 Å². The number of benzene rings is 2. The largest absolute Gasteiger partial charge is 0.494 e. The molecule has 0 saturated carbocycles. The van der Waals surface area contributed by atoms with Crippen LogP contribution in [0.3, 0.4) is 0 Å². The topological polar surface area (TPSA) is 75.7 Å². The predicted octanol–water partition coefficient (Wildman–Crippen LogP) is 3.61. The molecule has 0 bridgehead atoms. The first-order chi connectivity index (χ1) is 13.3. The van der Waals surface area contributed by atoms with Gasteiger partial charge in [0, 0.05) is 18.7 Å². The van der Waals surface area contributed by atoms with Crippen LogP contribution in [0.5, 0.6) is 5.75 Å². The van der Waals surface area contributed by atoms with Crippen molar-refractivity contribution in [2.75, 3.05) is 19.7 Å². The predicted molar refractivity (Wildman–Crippen MR) is 110 cm³/mol. The number of nitrogens with one attached hydrogen (secondary N) is 1. The van der Waals surface area contributed by atoms with Gasteiger partial charge >= 0.3 is 0 Å². The molecule has 0 aliphatic carbocycles. The summed E-state index contributed by atoms with van der Waals surface area (Å²) in [6.45, 7) is 8.82. The highest BCUT2D eigenvalue weighted by molar-refractivity contribution is 7.89. The fourth-order valence-corrected chi connectivity index (χ4v) is 4.33. The Morgan fingerprint density at radius 2 is 1.57 bits per heavy atom. The molecule has 1 atom stereocenters. The van der Waals surface area contributed by atoms with Gasteiger partial charge in [-0.1, -0.05) is 26.0 Å². The molecule has 0 spiro atoms. The number of sulfonamides is 1. The summed E-state index contributed by atoms with van der Waals surface area (Å²) in [6.07, 6.45) is 0. The number of hydrogen-bond donors (Lipinski definition) is 1. The Kier molecular flexibility index (Phi) is 7.60. The Morgan fingerprint density at radius 1 is 1.00 bits per heavy atom. The number of carbonyl (C=O) groups excluding carboxylic acids is 1. The molecular formula is C21H28N2O4S. The third kappa shape index (κ3) is 5.11. The molecule has 0 aromatic heterocycles. The van der Waals surface area contributed by atoms with Crippen LogP contribution in [0.1, 0.15) is 49.7 Å². The SMILES string of the molecule is CCOc1ccc(C(=O)N[C@@H](C)c2ccc(S(=O)(=O)N(CC)CC)cc2)cc1. The maximum Gasteiger partial charge on any atom is 0.251 e. The van der Waals surface area contributed by atoms with Crippen LogP contribution in [0.15, 0.2) is 53.4 Å². The number of rotatable bonds is 9. The molecule has 0 aliphatic heterocycles. The number of ether oxygens (including phenoxy) is 1. The zero-order chi connectivity index (χ0) is 20.7. The lowest BCUT2D eigenvalue weighted by Crippen LogP contribution is -2.30. The summed E-state index contributed by atoms with van der Waals surface area (Å²) in [5, 5.41) is 2.93. The van der Waals surface area contributed by atoms with Gasteiger partial charge in [0.05, 0.1) is 17.5 Å². The summed E-state index contributed by atoms with van der Waals surface area (Å²) >= 11 is 0. The van der Waals surface area contributed by atoms with Crippen LogP contribution in [-0.2, 0) is 10.0 Å².